The lowest BCUT2D eigenvalue weighted by Crippen LogP contribution is -2.19. The molecule has 0 atom stereocenters. The first-order valence-electron chi connectivity index (χ1n) is 10.2. The first-order valence-corrected chi connectivity index (χ1v) is 11.8. The number of nitrogens with zero attached hydrogens (tertiary/aromatic N) is 2. The van der Waals surface area contributed by atoms with Crippen molar-refractivity contribution in [1.82, 2.24) is 9.88 Å². The van der Waals surface area contributed by atoms with Crippen molar-refractivity contribution in [2.75, 3.05) is 0 Å². The molecule has 6 heteroatoms. The van der Waals surface area contributed by atoms with Crippen LogP contribution in [0.4, 0.5) is 5.69 Å². The summed E-state index contributed by atoms with van der Waals surface area (Å²) in [5.74, 6) is -0.124. The van der Waals surface area contributed by atoms with E-state index in [0.29, 0.717) is 10.1 Å². The molecule has 0 radical (unpaired) electrons. The van der Waals surface area contributed by atoms with Crippen LogP contribution >= 0.6 is 27.7 Å². The number of halogens is 1. The van der Waals surface area contributed by atoms with E-state index < -0.39 is 0 Å². The fourth-order valence-electron chi connectivity index (χ4n) is 3.78. The van der Waals surface area contributed by atoms with E-state index >= 15 is 0 Å². The van der Waals surface area contributed by atoms with E-state index in [9.17, 15) is 4.79 Å². The Morgan fingerprint density at radius 2 is 1.88 bits per heavy atom. The molecule has 2 heterocycles. The van der Waals surface area contributed by atoms with E-state index in [-0.39, 0.29) is 5.91 Å². The number of benzene rings is 3. The van der Waals surface area contributed by atoms with Crippen LogP contribution in [0.25, 0.3) is 17.0 Å². The van der Waals surface area contributed by atoms with Crippen molar-refractivity contribution in [3.05, 3.63) is 105 Å². The molecule has 0 bridgehead atoms. The highest BCUT2D eigenvalue weighted by Gasteiger charge is 2.24. The highest BCUT2D eigenvalue weighted by Crippen LogP contribution is 2.31. The van der Waals surface area contributed by atoms with Crippen molar-refractivity contribution in [2.24, 2.45) is 4.99 Å². The summed E-state index contributed by atoms with van der Waals surface area (Å²) >= 11 is 4.79. The summed E-state index contributed by atoms with van der Waals surface area (Å²) in [5.41, 5.74) is 5.47. The highest BCUT2D eigenvalue weighted by molar-refractivity contribution is 9.10. The number of fused-ring (bicyclic) bond motifs is 1. The summed E-state index contributed by atoms with van der Waals surface area (Å²) in [4.78, 5) is 17.8. The Bertz CT molecular complexity index is 1390. The van der Waals surface area contributed by atoms with E-state index in [2.05, 4.69) is 80.3 Å². The normalized spacial score (nSPS) is 16.2. The average Bonchev–Trinajstić information content (AvgIpc) is 3.30. The van der Waals surface area contributed by atoms with Gasteiger partial charge in [0.1, 0.15) is 0 Å². The lowest BCUT2D eigenvalue weighted by atomic mass is 10.1. The van der Waals surface area contributed by atoms with Gasteiger partial charge in [0.15, 0.2) is 5.17 Å². The predicted molar refractivity (Wildman–Crippen MR) is 137 cm³/mol. The number of aliphatic imine (C=N–C) groups is 1. The van der Waals surface area contributed by atoms with Crippen LogP contribution in [-0.2, 0) is 11.3 Å². The zero-order valence-electron chi connectivity index (χ0n) is 17.4. The molecular weight excluding hydrogens is 482 g/mol. The number of hydrogen-bond acceptors (Lipinski definition) is 3. The SMILES string of the molecule is Cc1cccc(Cn2cc(/C=C3\SC(=Nc4ccc(Br)cc4)NC3=O)c3ccccc32)c1. The van der Waals surface area contributed by atoms with Gasteiger partial charge in [0.05, 0.1) is 10.6 Å². The van der Waals surface area contributed by atoms with E-state index in [0.717, 1.165) is 33.2 Å². The molecule has 32 heavy (non-hydrogen) atoms. The number of carbonyl (C=O) groups is 1. The van der Waals surface area contributed by atoms with Gasteiger partial charge in [-0.1, -0.05) is 64.0 Å². The highest BCUT2D eigenvalue weighted by atomic mass is 79.9. The van der Waals surface area contributed by atoms with E-state index in [1.165, 1.54) is 22.9 Å². The van der Waals surface area contributed by atoms with Gasteiger partial charge in [-0.15, -0.1) is 0 Å². The number of para-hydroxylation sites is 1. The summed E-state index contributed by atoms with van der Waals surface area (Å²) in [6, 6.07) is 24.5. The number of amides is 1. The third-order valence-corrected chi connectivity index (χ3v) is 6.69. The maximum absolute atomic E-state index is 12.6. The predicted octanol–water partition coefficient (Wildman–Crippen LogP) is 6.65. The molecule has 0 spiro atoms. The standard InChI is InChI=1S/C26H20BrN3OS/c1-17-5-4-6-18(13-17)15-30-16-19(22-7-2-3-8-23(22)30)14-24-25(31)29-26(32-24)28-21-11-9-20(27)10-12-21/h2-14,16H,15H2,1H3,(H,28,29,31)/b24-14-. The number of hydrogen-bond donors (Lipinski definition) is 1. The molecule has 0 saturated carbocycles. The minimum absolute atomic E-state index is 0.124. The van der Waals surface area contributed by atoms with E-state index in [1.54, 1.807) is 0 Å². The summed E-state index contributed by atoms with van der Waals surface area (Å²) in [6.07, 6.45) is 4.08. The number of carbonyl (C=O) groups excluding carboxylic acids is 1. The Kier molecular flexibility index (Phi) is 5.72. The molecule has 1 amide bonds. The van der Waals surface area contributed by atoms with Gasteiger partial charge in [0, 0.05) is 33.7 Å². The second-order valence-corrected chi connectivity index (χ2v) is 9.62. The molecule has 0 unspecified atom stereocenters. The Hall–Kier alpha value is -3.09. The monoisotopic (exact) mass is 501 g/mol. The Morgan fingerprint density at radius 3 is 2.69 bits per heavy atom. The van der Waals surface area contributed by atoms with Crippen LogP contribution < -0.4 is 5.32 Å². The maximum Gasteiger partial charge on any atom is 0.264 e. The zero-order chi connectivity index (χ0) is 22.1. The molecule has 1 aliphatic rings. The van der Waals surface area contributed by atoms with Crippen LogP contribution in [0.5, 0.6) is 0 Å². The first-order chi connectivity index (χ1) is 15.5. The van der Waals surface area contributed by atoms with Gasteiger partial charge in [-0.2, -0.15) is 0 Å². The second kappa shape index (κ2) is 8.81. The van der Waals surface area contributed by atoms with Crippen LogP contribution in [0.2, 0.25) is 0 Å². The largest absolute Gasteiger partial charge is 0.342 e. The van der Waals surface area contributed by atoms with Gasteiger partial charge in [-0.05, 0) is 60.7 Å². The molecule has 4 aromatic rings. The Balaban J connectivity index is 1.47. The number of aryl methyl sites for hydroxylation is 1. The number of rotatable bonds is 4. The van der Waals surface area contributed by atoms with Gasteiger partial charge in [-0.3, -0.25) is 4.79 Å². The van der Waals surface area contributed by atoms with E-state index in [1.807, 2.05) is 42.5 Å². The van der Waals surface area contributed by atoms with Crippen molar-refractivity contribution in [3.8, 4) is 0 Å². The third-order valence-electron chi connectivity index (χ3n) is 5.25. The average molecular weight is 502 g/mol. The topological polar surface area (TPSA) is 46.4 Å². The molecule has 4 nitrogen and oxygen atoms in total. The fraction of sp³-hybridized carbons (Fsp3) is 0.0769. The number of thioether (sulfide) groups is 1. The van der Waals surface area contributed by atoms with Crippen LogP contribution in [0, 0.1) is 6.92 Å². The molecule has 1 aromatic heterocycles. The van der Waals surface area contributed by atoms with Crippen LogP contribution in [0.3, 0.4) is 0 Å². The molecule has 5 rings (SSSR count). The lowest BCUT2D eigenvalue weighted by Gasteiger charge is -2.06. The van der Waals surface area contributed by atoms with Gasteiger partial charge in [0.2, 0.25) is 0 Å². The number of amidine groups is 1. The molecule has 1 fully saturated rings. The first kappa shape index (κ1) is 20.8. The zero-order valence-corrected chi connectivity index (χ0v) is 19.8. The van der Waals surface area contributed by atoms with Crippen molar-refractivity contribution in [1.29, 1.82) is 0 Å². The van der Waals surface area contributed by atoms with Crippen molar-refractivity contribution in [2.45, 2.75) is 13.5 Å². The molecule has 0 aliphatic carbocycles. The smallest absolute Gasteiger partial charge is 0.264 e. The third kappa shape index (κ3) is 4.42. The van der Waals surface area contributed by atoms with Gasteiger partial charge >= 0.3 is 0 Å². The van der Waals surface area contributed by atoms with Crippen molar-refractivity contribution in [3.63, 3.8) is 0 Å². The van der Waals surface area contributed by atoms with E-state index in [4.69, 9.17) is 0 Å². The van der Waals surface area contributed by atoms with Crippen molar-refractivity contribution < 1.29 is 4.79 Å². The lowest BCUT2D eigenvalue weighted by molar-refractivity contribution is -0.115. The number of nitrogens with one attached hydrogen (secondary N) is 1. The fourth-order valence-corrected chi connectivity index (χ4v) is 4.88. The summed E-state index contributed by atoms with van der Waals surface area (Å²) in [7, 11) is 0. The minimum Gasteiger partial charge on any atom is -0.342 e. The van der Waals surface area contributed by atoms with Crippen LogP contribution in [0.1, 0.15) is 16.7 Å². The van der Waals surface area contributed by atoms with Gasteiger partial charge in [-0.25, -0.2) is 4.99 Å². The van der Waals surface area contributed by atoms with Gasteiger partial charge in [0.25, 0.3) is 5.91 Å². The van der Waals surface area contributed by atoms with Gasteiger partial charge < -0.3 is 9.88 Å². The molecule has 158 valence electrons. The summed E-state index contributed by atoms with van der Waals surface area (Å²) in [6.45, 7) is 2.89. The molecule has 1 saturated heterocycles. The minimum atomic E-state index is -0.124. The number of aromatic nitrogens is 1. The Labute approximate surface area is 199 Å². The second-order valence-electron chi connectivity index (χ2n) is 7.68. The van der Waals surface area contributed by atoms with Crippen LogP contribution in [-0.4, -0.2) is 15.6 Å². The Morgan fingerprint density at radius 1 is 1.06 bits per heavy atom. The summed E-state index contributed by atoms with van der Waals surface area (Å²) in [5, 5.41) is 4.59. The molecule has 1 N–H and O–H groups in total. The quantitative estimate of drug-likeness (QED) is 0.318. The summed E-state index contributed by atoms with van der Waals surface area (Å²) < 4.78 is 3.23. The van der Waals surface area contributed by atoms with Crippen molar-refractivity contribution >= 4 is 61.4 Å². The van der Waals surface area contributed by atoms with Crippen LogP contribution in [0.15, 0.2) is 93.4 Å². The molecule has 1 aliphatic heterocycles. The maximum atomic E-state index is 12.6. The molecule has 3 aromatic carbocycles. The molecular formula is C26H20BrN3OS.